The van der Waals surface area contributed by atoms with Gasteiger partial charge in [-0.25, -0.2) is 9.98 Å². The summed E-state index contributed by atoms with van der Waals surface area (Å²) in [6.07, 6.45) is 3.50. The number of para-hydroxylation sites is 2. The Morgan fingerprint density at radius 2 is 2.04 bits per heavy atom. The molecule has 3 N–H and O–H groups in total. The van der Waals surface area contributed by atoms with Crippen LogP contribution in [0.5, 0.6) is 0 Å². The molecule has 0 saturated carbocycles. The minimum Gasteiger partial charge on any atom is -0.370 e. The molecule has 0 saturated heterocycles. The predicted molar refractivity (Wildman–Crippen MR) is 94.2 cm³/mol. The Bertz CT molecular complexity index is 816. The van der Waals surface area contributed by atoms with Crippen LogP contribution in [-0.4, -0.2) is 15.5 Å². The summed E-state index contributed by atoms with van der Waals surface area (Å²) in [6, 6.07) is 8.20. The Morgan fingerprint density at radius 3 is 2.83 bits per heavy atom. The number of fused-ring (bicyclic) bond motifs is 3. The van der Waals surface area contributed by atoms with Gasteiger partial charge >= 0.3 is 0 Å². The van der Waals surface area contributed by atoms with Crippen LogP contribution in [0.2, 0.25) is 0 Å². The minimum absolute atomic E-state index is 0.00648. The Balaban J connectivity index is 1.87. The molecule has 1 aromatic heterocycles. The third-order valence-electron chi connectivity index (χ3n) is 5.17. The Kier molecular flexibility index (Phi) is 3.18. The third kappa shape index (κ3) is 2.22. The predicted octanol–water partition coefficient (Wildman–Crippen LogP) is 3.51. The molecule has 0 fully saturated rings. The summed E-state index contributed by atoms with van der Waals surface area (Å²) in [5.74, 6) is 2.70. The molecule has 0 spiro atoms. The first-order valence-electron chi connectivity index (χ1n) is 8.29. The van der Waals surface area contributed by atoms with Crippen molar-refractivity contribution < 1.29 is 0 Å². The van der Waals surface area contributed by atoms with Gasteiger partial charge in [-0.2, -0.15) is 0 Å². The molecule has 5 nitrogen and oxygen atoms in total. The average Bonchev–Trinajstić information content (AvgIpc) is 2.83. The van der Waals surface area contributed by atoms with Crippen LogP contribution in [0.15, 0.2) is 40.9 Å². The van der Waals surface area contributed by atoms with E-state index in [-0.39, 0.29) is 6.17 Å². The molecule has 120 valence electrons. The SMILES string of the molecule is CC1=CC(C)C(C2N=C(N)Nc3nc4ccccc4n32)C(C)C1. The number of allylic oxidation sites excluding steroid dienone is 2. The number of rotatable bonds is 1. The van der Waals surface area contributed by atoms with Crippen molar-refractivity contribution in [1.82, 2.24) is 9.55 Å². The number of aromatic nitrogens is 2. The number of benzene rings is 1. The molecule has 1 aromatic carbocycles. The standard InChI is InChI=1S/C18H23N5/c1-10-8-11(2)15(12(3)9-10)16-21-17(19)22-18-20-13-6-4-5-7-14(13)23(16)18/h4-8,11-12,15-16H,9H2,1-3H3,(H3,19,20,21,22). The molecule has 4 unspecified atom stereocenters. The summed E-state index contributed by atoms with van der Waals surface area (Å²) in [6.45, 7) is 6.84. The fourth-order valence-electron chi connectivity index (χ4n) is 4.36. The maximum absolute atomic E-state index is 6.06. The van der Waals surface area contributed by atoms with Gasteiger partial charge in [0.15, 0.2) is 5.96 Å². The topological polar surface area (TPSA) is 68.2 Å². The normalized spacial score (nSPS) is 30.4. The second-order valence-electron chi connectivity index (χ2n) is 6.98. The van der Waals surface area contributed by atoms with Crippen LogP contribution in [0, 0.1) is 17.8 Å². The van der Waals surface area contributed by atoms with Gasteiger partial charge in [-0.1, -0.05) is 37.6 Å². The van der Waals surface area contributed by atoms with Crippen LogP contribution in [0.1, 0.15) is 33.4 Å². The number of nitrogens with one attached hydrogen (secondary N) is 1. The van der Waals surface area contributed by atoms with E-state index in [2.05, 4.69) is 47.8 Å². The van der Waals surface area contributed by atoms with Crippen molar-refractivity contribution in [3.05, 3.63) is 35.9 Å². The largest absolute Gasteiger partial charge is 0.370 e. The molecule has 2 heterocycles. The van der Waals surface area contributed by atoms with Gasteiger partial charge in [-0.3, -0.25) is 9.88 Å². The summed E-state index contributed by atoms with van der Waals surface area (Å²) >= 11 is 0. The molecular formula is C18H23N5. The highest BCUT2D eigenvalue weighted by Crippen LogP contribution is 2.44. The van der Waals surface area contributed by atoms with E-state index >= 15 is 0 Å². The summed E-state index contributed by atoms with van der Waals surface area (Å²) in [5, 5.41) is 3.12. The Morgan fingerprint density at radius 1 is 1.26 bits per heavy atom. The van der Waals surface area contributed by atoms with Gasteiger partial charge in [-0.05, 0) is 37.3 Å². The van der Waals surface area contributed by atoms with Gasteiger partial charge in [0.25, 0.3) is 0 Å². The first-order valence-corrected chi connectivity index (χ1v) is 8.29. The van der Waals surface area contributed by atoms with Crippen molar-refractivity contribution in [3.63, 3.8) is 0 Å². The number of guanidine groups is 1. The van der Waals surface area contributed by atoms with Crippen LogP contribution in [0.4, 0.5) is 5.95 Å². The summed E-state index contributed by atoms with van der Waals surface area (Å²) in [4.78, 5) is 9.46. The van der Waals surface area contributed by atoms with E-state index in [4.69, 9.17) is 10.7 Å². The molecule has 4 atom stereocenters. The lowest BCUT2D eigenvalue weighted by atomic mass is 9.73. The number of anilines is 1. The second-order valence-corrected chi connectivity index (χ2v) is 6.98. The molecule has 0 amide bonds. The fraction of sp³-hybridized carbons (Fsp3) is 0.444. The summed E-state index contributed by atoms with van der Waals surface area (Å²) < 4.78 is 2.22. The Hall–Kier alpha value is -2.30. The molecule has 2 aromatic rings. The number of imidazole rings is 1. The number of aliphatic imine (C=N–C) groups is 1. The first kappa shape index (κ1) is 14.3. The second kappa shape index (κ2) is 5.11. The molecule has 2 aliphatic rings. The lowest BCUT2D eigenvalue weighted by Crippen LogP contribution is -2.38. The average molecular weight is 309 g/mol. The molecule has 1 aliphatic carbocycles. The zero-order valence-corrected chi connectivity index (χ0v) is 13.8. The molecule has 23 heavy (non-hydrogen) atoms. The van der Waals surface area contributed by atoms with E-state index in [1.807, 2.05) is 18.2 Å². The number of hydrogen-bond acceptors (Lipinski definition) is 4. The molecule has 4 rings (SSSR count). The zero-order valence-electron chi connectivity index (χ0n) is 13.8. The van der Waals surface area contributed by atoms with Crippen molar-refractivity contribution in [2.24, 2.45) is 28.5 Å². The molecular weight excluding hydrogens is 286 g/mol. The summed E-state index contributed by atoms with van der Waals surface area (Å²) in [5.41, 5.74) is 9.62. The van der Waals surface area contributed by atoms with Crippen molar-refractivity contribution >= 4 is 22.9 Å². The lowest BCUT2D eigenvalue weighted by molar-refractivity contribution is 0.188. The van der Waals surface area contributed by atoms with Crippen molar-refractivity contribution in [1.29, 1.82) is 0 Å². The van der Waals surface area contributed by atoms with Gasteiger partial charge in [0.05, 0.1) is 11.0 Å². The number of nitrogens with two attached hydrogens (primary N) is 1. The van der Waals surface area contributed by atoms with Crippen molar-refractivity contribution in [2.75, 3.05) is 5.32 Å². The maximum atomic E-state index is 6.06. The Labute approximate surface area is 136 Å². The highest BCUT2D eigenvalue weighted by atomic mass is 15.4. The van der Waals surface area contributed by atoms with Crippen LogP contribution >= 0.6 is 0 Å². The van der Waals surface area contributed by atoms with E-state index in [0.29, 0.717) is 23.7 Å². The number of nitrogens with zero attached hydrogens (tertiary/aromatic N) is 3. The van der Waals surface area contributed by atoms with Gasteiger partial charge < -0.3 is 5.73 Å². The summed E-state index contributed by atoms with van der Waals surface area (Å²) in [7, 11) is 0. The van der Waals surface area contributed by atoms with Gasteiger partial charge in [0.2, 0.25) is 5.95 Å². The van der Waals surface area contributed by atoms with E-state index in [0.717, 1.165) is 23.4 Å². The fourth-order valence-corrected chi connectivity index (χ4v) is 4.36. The minimum atomic E-state index is -0.00648. The van der Waals surface area contributed by atoms with Crippen LogP contribution in [0.3, 0.4) is 0 Å². The maximum Gasteiger partial charge on any atom is 0.212 e. The highest BCUT2D eigenvalue weighted by molar-refractivity contribution is 5.94. The third-order valence-corrected chi connectivity index (χ3v) is 5.17. The van der Waals surface area contributed by atoms with E-state index in [1.165, 1.54) is 5.57 Å². The van der Waals surface area contributed by atoms with Crippen LogP contribution in [-0.2, 0) is 0 Å². The number of hydrogen-bond donors (Lipinski definition) is 2. The monoisotopic (exact) mass is 309 g/mol. The molecule has 1 aliphatic heterocycles. The van der Waals surface area contributed by atoms with Gasteiger partial charge in [-0.15, -0.1) is 0 Å². The zero-order chi connectivity index (χ0) is 16.1. The molecule has 0 radical (unpaired) electrons. The molecule has 5 heteroatoms. The quantitative estimate of drug-likeness (QED) is 0.792. The van der Waals surface area contributed by atoms with Crippen LogP contribution < -0.4 is 11.1 Å². The van der Waals surface area contributed by atoms with Crippen LogP contribution in [0.25, 0.3) is 11.0 Å². The lowest BCUT2D eigenvalue weighted by Gasteiger charge is -2.39. The molecule has 0 bridgehead atoms. The van der Waals surface area contributed by atoms with Gasteiger partial charge in [0, 0.05) is 5.92 Å². The highest BCUT2D eigenvalue weighted by Gasteiger charge is 2.38. The van der Waals surface area contributed by atoms with Crippen molar-refractivity contribution in [2.45, 2.75) is 33.4 Å². The van der Waals surface area contributed by atoms with Gasteiger partial charge in [0.1, 0.15) is 6.17 Å². The smallest absolute Gasteiger partial charge is 0.212 e. The van der Waals surface area contributed by atoms with E-state index < -0.39 is 0 Å². The van der Waals surface area contributed by atoms with E-state index in [9.17, 15) is 0 Å². The van der Waals surface area contributed by atoms with E-state index in [1.54, 1.807) is 0 Å². The first-order chi connectivity index (χ1) is 11.0. The van der Waals surface area contributed by atoms with Crippen molar-refractivity contribution in [3.8, 4) is 0 Å².